The highest BCUT2D eigenvalue weighted by Crippen LogP contribution is 2.32. The zero-order valence-electron chi connectivity index (χ0n) is 25.5. The first-order valence-electron chi connectivity index (χ1n) is 15.6. The van der Waals surface area contributed by atoms with Crippen molar-refractivity contribution in [3.63, 3.8) is 0 Å². The fourth-order valence-corrected chi connectivity index (χ4v) is 7.13. The third-order valence-corrected chi connectivity index (χ3v) is 9.82. The van der Waals surface area contributed by atoms with Crippen LogP contribution in [0.25, 0.3) is 0 Å². The molecule has 3 aromatic rings. The standard InChI is InChI=1S/C33H39F2N5O5S/c1-22(26-14-8-9-15-29(26)45-21-23-10-4-2-5-11-23)36-33(42)28-19-31(39-46(43,44)30-17-16-24(34)18-27(30)35)38-40(28)20-32(41)37-25-12-6-3-7-13-25/h2,4-5,10-11,16-19,25-26,29H,1,3,6-9,12-15,20-21H2,(H,36,42)(H,37,41)(H,38,39)/t26-,29+/m1/s1. The summed E-state index contributed by atoms with van der Waals surface area (Å²) >= 11 is 0. The molecule has 2 aliphatic rings. The number of ether oxygens (including phenoxy) is 1. The van der Waals surface area contributed by atoms with Gasteiger partial charge in [0, 0.05) is 29.8 Å². The van der Waals surface area contributed by atoms with E-state index in [4.69, 9.17) is 4.74 Å². The van der Waals surface area contributed by atoms with Gasteiger partial charge in [-0.05, 0) is 43.4 Å². The van der Waals surface area contributed by atoms with Gasteiger partial charge in [-0.2, -0.15) is 5.10 Å². The number of amides is 2. The van der Waals surface area contributed by atoms with Crippen molar-refractivity contribution in [2.24, 2.45) is 5.92 Å². The quantitative estimate of drug-likeness (QED) is 0.239. The minimum atomic E-state index is -4.55. The summed E-state index contributed by atoms with van der Waals surface area (Å²) in [6.45, 7) is 4.20. The second-order valence-electron chi connectivity index (χ2n) is 11.9. The lowest BCUT2D eigenvalue weighted by atomic mass is 9.84. The Morgan fingerprint density at radius 1 is 0.957 bits per heavy atom. The van der Waals surface area contributed by atoms with E-state index >= 15 is 0 Å². The number of benzene rings is 2. The molecule has 0 radical (unpaired) electrons. The number of nitrogens with one attached hydrogen (secondary N) is 3. The first-order valence-corrected chi connectivity index (χ1v) is 17.1. The van der Waals surface area contributed by atoms with Gasteiger partial charge in [0.25, 0.3) is 15.9 Å². The van der Waals surface area contributed by atoms with E-state index in [0.717, 1.165) is 80.2 Å². The number of hydrogen-bond donors (Lipinski definition) is 3. The Morgan fingerprint density at radius 2 is 1.67 bits per heavy atom. The van der Waals surface area contributed by atoms with Crippen LogP contribution in [0.15, 0.2) is 71.8 Å². The third-order valence-electron chi connectivity index (χ3n) is 8.43. The fraction of sp³-hybridized carbons (Fsp3) is 0.424. The van der Waals surface area contributed by atoms with Crippen LogP contribution in [0.5, 0.6) is 0 Å². The molecule has 2 aromatic carbocycles. The molecule has 13 heteroatoms. The number of sulfonamides is 1. The molecule has 3 N–H and O–H groups in total. The molecule has 2 amide bonds. The summed E-state index contributed by atoms with van der Waals surface area (Å²) in [5.74, 6) is -3.73. The zero-order chi connectivity index (χ0) is 32.7. The Bertz CT molecular complexity index is 1660. The number of carbonyl (C=O) groups is 2. The van der Waals surface area contributed by atoms with Gasteiger partial charge in [-0.1, -0.05) is 69.0 Å². The molecule has 0 aliphatic heterocycles. The molecule has 2 fully saturated rings. The number of hydrogen-bond acceptors (Lipinski definition) is 6. The molecule has 46 heavy (non-hydrogen) atoms. The molecule has 246 valence electrons. The predicted octanol–water partition coefficient (Wildman–Crippen LogP) is 5.43. The summed E-state index contributed by atoms with van der Waals surface area (Å²) in [6, 6.07) is 13.0. The van der Waals surface area contributed by atoms with Crippen molar-refractivity contribution in [1.82, 2.24) is 20.4 Å². The van der Waals surface area contributed by atoms with Crippen LogP contribution in [-0.2, 0) is 32.7 Å². The SMILES string of the molecule is C=C(NC(=O)c1cc(NS(=O)(=O)c2ccc(F)cc2F)nn1CC(=O)NC1CCCCC1)[C@H]1CCCC[C@@H]1OCc1ccccc1. The topological polar surface area (TPSA) is 131 Å². The monoisotopic (exact) mass is 655 g/mol. The van der Waals surface area contributed by atoms with E-state index in [1.165, 1.54) is 6.07 Å². The summed E-state index contributed by atoms with van der Waals surface area (Å²) in [5, 5.41) is 9.97. The first-order chi connectivity index (χ1) is 22.1. The minimum absolute atomic E-state index is 0.00686. The molecule has 2 atom stereocenters. The second kappa shape index (κ2) is 15.0. The maximum atomic E-state index is 14.3. The van der Waals surface area contributed by atoms with Crippen LogP contribution in [0.2, 0.25) is 0 Å². The van der Waals surface area contributed by atoms with Crippen LogP contribution in [0.3, 0.4) is 0 Å². The van der Waals surface area contributed by atoms with Gasteiger partial charge in [0.1, 0.15) is 28.8 Å². The lowest BCUT2D eigenvalue weighted by molar-refractivity contribution is -0.122. The summed E-state index contributed by atoms with van der Waals surface area (Å²) in [4.78, 5) is 25.8. The van der Waals surface area contributed by atoms with Crippen molar-refractivity contribution in [1.29, 1.82) is 0 Å². The zero-order valence-corrected chi connectivity index (χ0v) is 26.3. The Morgan fingerprint density at radius 3 is 2.41 bits per heavy atom. The summed E-state index contributed by atoms with van der Waals surface area (Å²) in [6.07, 6.45) is 8.14. The van der Waals surface area contributed by atoms with Crippen molar-refractivity contribution in [2.45, 2.75) is 88.0 Å². The number of nitrogens with zero attached hydrogens (tertiary/aromatic N) is 2. The van der Waals surface area contributed by atoms with E-state index in [1.807, 2.05) is 30.3 Å². The normalized spacial score (nSPS) is 18.9. The van der Waals surface area contributed by atoms with Crippen molar-refractivity contribution in [3.05, 3.63) is 89.8 Å². The van der Waals surface area contributed by atoms with Gasteiger partial charge in [-0.15, -0.1) is 0 Å². The van der Waals surface area contributed by atoms with Crippen LogP contribution in [0, 0.1) is 17.6 Å². The Kier molecular flexibility index (Phi) is 10.8. The lowest BCUT2D eigenvalue weighted by Crippen LogP contribution is -2.39. The highest BCUT2D eigenvalue weighted by molar-refractivity contribution is 7.92. The van der Waals surface area contributed by atoms with Crippen LogP contribution < -0.4 is 15.4 Å². The van der Waals surface area contributed by atoms with Gasteiger partial charge in [0.2, 0.25) is 5.91 Å². The summed E-state index contributed by atoms with van der Waals surface area (Å²) in [5.41, 5.74) is 1.37. The fourth-order valence-electron chi connectivity index (χ4n) is 6.09. The molecule has 0 unspecified atom stereocenters. The lowest BCUT2D eigenvalue weighted by Gasteiger charge is -2.33. The average Bonchev–Trinajstić information content (AvgIpc) is 3.41. The molecule has 5 rings (SSSR count). The molecular formula is C33H39F2N5O5S. The van der Waals surface area contributed by atoms with Gasteiger partial charge < -0.3 is 15.4 Å². The van der Waals surface area contributed by atoms with E-state index in [1.54, 1.807) is 0 Å². The molecule has 1 aromatic heterocycles. The summed E-state index contributed by atoms with van der Waals surface area (Å²) in [7, 11) is -4.55. The molecule has 1 heterocycles. The van der Waals surface area contributed by atoms with E-state index in [-0.39, 0.29) is 42.0 Å². The summed E-state index contributed by atoms with van der Waals surface area (Å²) < 4.78 is 63.2. The van der Waals surface area contributed by atoms with Gasteiger partial charge >= 0.3 is 0 Å². The average molecular weight is 656 g/mol. The first kappa shape index (κ1) is 33.3. The third kappa shape index (κ3) is 8.58. The Labute approximate surface area is 267 Å². The number of rotatable bonds is 12. The highest BCUT2D eigenvalue weighted by atomic mass is 32.2. The van der Waals surface area contributed by atoms with Crippen molar-refractivity contribution >= 4 is 27.7 Å². The van der Waals surface area contributed by atoms with Crippen LogP contribution in [0.1, 0.15) is 73.8 Å². The van der Waals surface area contributed by atoms with E-state index in [9.17, 15) is 26.8 Å². The van der Waals surface area contributed by atoms with Crippen molar-refractivity contribution in [2.75, 3.05) is 4.72 Å². The second-order valence-corrected chi connectivity index (χ2v) is 13.5. The molecule has 0 saturated heterocycles. The van der Waals surface area contributed by atoms with Gasteiger partial charge in [0.15, 0.2) is 5.82 Å². The van der Waals surface area contributed by atoms with Gasteiger partial charge in [-0.3, -0.25) is 14.3 Å². The largest absolute Gasteiger partial charge is 0.373 e. The van der Waals surface area contributed by atoms with E-state index < -0.39 is 32.5 Å². The van der Waals surface area contributed by atoms with E-state index in [2.05, 4.69) is 27.0 Å². The maximum Gasteiger partial charge on any atom is 0.273 e. The predicted molar refractivity (Wildman–Crippen MR) is 168 cm³/mol. The van der Waals surface area contributed by atoms with Crippen molar-refractivity contribution < 1.29 is 31.5 Å². The van der Waals surface area contributed by atoms with Crippen LogP contribution >= 0.6 is 0 Å². The number of anilines is 1. The minimum Gasteiger partial charge on any atom is -0.373 e. The van der Waals surface area contributed by atoms with Crippen LogP contribution in [-0.4, -0.2) is 42.2 Å². The molecule has 2 saturated carbocycles. The van der Waals surface area contributed by atoms with Crippen molar-refractivity contribution in [3.8, 4) is 0 Å². The van der Waals surface area contributed by atoms with Gasteiger partial charge in [0.05, 0.1) is 12.7 Å². The Hall–Kier alpha value is -4.10. The number of aromatic nitrogens is 2. The highest BCUT2D eigenvalue weighted by Gasteiger charge is 2.31. The Balaban J connectivity index is 1.33. The molecule has 0 spiro atoms. The molecule has 0 bridgehead atoms. The molecule has 2 aliphatic carbocycles. The number of carbonyl (C=O) groups excluding carboxylic acids is 2. The smallest absolute Gasteiger partial charge is 0.273 e. The molecule has 10 nitrogen and oxygen atoms in total. The number of halogens is 2. The maximum absolute atomic E-state index is 14.3. The van der Waals surface area contributed by atoms with Gasteiger partial charge in [-0.25, -0.2) is 21.9 Å². The van der Waals surface area contributed by atoms with Crippen LogP contribution in [0.4, 0.5) is 14.6 Å². The van der Waals surface area contributed by atoms with E-state index in [0.29, 0.717) is 18.4 Å². The molecular weight excluding hydrogens is 616 g/mol.